The Kier molecular flexibility index (Phi) is 3.75. The molecule has 1 aliphatic rings. The molecule has 0 spiro atoms. The van der Waals surface area contributed by atoms with E-state index in [1.165, 1.54) is 6.33 Å². The van der Waals surface area contributed by atoms with Crippen LogP contribution in [0, 0.1) is 8.99 Å². The maximum atomic E-state index is 11.4. The SMILES string of the molecule is CC1(C)CCC(Oc2nc[nH]c(=O)c2I)CC1. The van der Waals surface area contributed by atoms with Crippen molar-refractivity contribution in [2.75, 3.05) is 0 Å². The van der Waals surface area contributed by atoms with Gasteiger partial charge in [-0.1, -0.05) is 13.8 Å². The van der Waals surface area contributed by atoms with Crippen LogP contribution in [0.1, 0.15) is 39.5 Å². The summed E-state index contributed by atoms with van der Waals surface area (Å²) in [4.78, 5) is 18.0. The fourth-order valence-electron chi connectivity index (χ4n) is 2.10. The van der Waals surface area contributed by atoms with Crippen molar-refractivity contribution in [3.8, 4) is 5.88 Å². The molecular formula is C12H17IN2O2. The average Bonchev–Trinajstić information content (AvgIpc) is 2.27. The van der Waals surface area contributed by atoms with E-state index in [-0.39, 0.29) is 11.7 Å². The summed E-state index contributed by atoms with van der Waals surface area (Å²) in [5, 5.41) is 0. The number of hydrogen-bond acceptors (Lipinski definition) is 3. The minimum absolute atomic E-state index is 0.133. The lowest BCUT2D eigenvalue weighted by atomic mass is 9.76. The second-order valence-corrected chi connectivity index (χ2v) is 6.41. The zero-order chi connectivity index (χ0) is 12.5. The fraction of sp³-hybridized carbons (Fsp3) is 0.667. The molecule has 1 aromatic rings. The Hall–Kier alpha value is -0.590. The molecule has 1 N–H and O–H groups in total. The third-order valence-electron chi connectivity index (χ3n) is 3.33. The van der Waals surface area contributed by atoms with Crippen LogP contribution in [0.15, 0.2) is 11.1 Å². The molecule has 1 aromatic heterocycles. The van der Waals surface area contributed by atoms with Gasteiger partial charge in [0.15, 0.2) is 0 Å². The van der Waals surface area contributed by atoms with E-state index in [4.69, 9.17) is 4.74 Å². The summed E-state index contributed by atoms with van der Waals surface area (Å²) in [5.41, 5.74) is 0.293. The third-order valence-corrected chi connectivity index (χ3v) is 4.28. The van der Waals surface area contributed by atoms with E-state index in [1.54, 1.807) is 0 Å². The van der Waals surface area contributed by atoms with E-state index >= 15 is 0 Å². The van der Waals surface area contributed by atoms with Crippen LogP contribution in [0.3, 0.4) is 0 Å². The zero-order valence-corrected chi connectivity index (χ0v) is 12.3. The lowest BCUT2D eigenvalue weighted by Gasteiger charge is -2.34. The number of rotatable bonds is 2. The van der Waals surface area contributed by atoms with Crippen molar-refractivity contribution in [1.29, 1.82) is 0 Å². The van der Waals surface area contributed by atoms with Crippen molar-refractivity contribution in [3.05, 3.63) is 20.3 Å². The summed E-state index contributed by atoms with van der Waals surface area (Å²) in [5.74, 6) is 0.471. The maximum Gasteiger partial charge on any atom is 0.268 e. The van der Waals surface area contributed by atoms with Gasteiger partial charge in [-0.15, -0.1) is 0 Å². The second kappa shape index (κ2) is 4.96. The van der Waals surface area contributed by atoms with E-state index < -0.39 is 0 Å². The molecule has 5 heteroatoms. The van der Waals surface area contributed by atoms with Crippen LogP contribution in [0.4, 0.5) is 0 Å². The largest absolute Gasteiger partial charge is 0.473 e. The van der Waals surface area contributed by atoms with Gasteiger partial charge < -0.3 is 9.72 Å². The van der Waals surface area contributed by atoms with Crippen LogP contribution in [0.5, 0.6) is 5.88 Å². The molecule has 4 nitrogen and oxygen atoms in total. The minimum Gasteiger partial charge on any atom is -0.473 e. The van der Waals surface area contributed by atoms with Gasteiger partial charge in [0.1, 0.15) is 9.67 Å². The average molecular weight is 348 g/mol. The molecule has 0 bridgehead atoms. The topological polar surface area (TPSA) is 55.0 Å². The number of ether oxygens (including phenoxy) is 1. The predicted molar refractivity (Wildman–Crippen MR) is 74.2 cm³/mol. The summed E-state index contributed by atoms with van der Waals surface area (Å²) in [6.45, 7) is 4.58. The molecule has 1 fully saturated rings. The van der Waals surface area contributed by atoms with E-state index in [1.807, 2.05) is 22.6 Å². The van der Waals surface area contributed by atoms with Crippen molar-refractivity contribution in [1.82, 2.24) is 9.97 Å². The Morgan fingerprint density at radius 1 is 1.47 bits per heavy atom. The molecule has 0 amide bonds. The van der Waals surface area contributed by atoms with E-state index in [0.717, 1.165) is 25.7 Å². The van der Waals surface area contributed by atoms with Gasteiger partial charge in [0, 0.05) is 0 Å². The number of nitrogens with zero attached hydrogens (tertiary/aromatic N) is 1. The molecule has 0 radical (unpaired) electrons. The molecule has 0 aliphatic heterocycles. The second-order valence-electron chi connectivity index (χ2n) is 5.33. The Morgan fingerprint density at radius 2 is 2.12 bits per heavy atom. The molecular weight excluding hydrogens is 331 g/mol. The number of aromatic nitrogens is 2. The van der Waals surface area contributed by atoms with E-state index in [0.29, 0.717) is 14.9 Å². The van der Waals surface area contributed by atoms with Gasteiger partial charge in [0.25, 0.3) is 5.56 Å². The Labute approximate surface area is 114 Å². The first-order valence-electron chi connectivity index (χ1n) is 5.88. The summed E-state index contributed by atoms with van der Waals surface area (Å²) in [6.07, 6.45) is 6.00. The van der Waals surface area contributed by atoms with Gasteiger partial charge in [-0.3, -0.25) is 4.79 Å². The molecule has 1 saturated carbocycles. The normalized spacial score (nSPS) is 20.2. The summed E-state index contributed by atoms with van der Waals surface area (Å²) in [7, 11) is 0. The van der Waals surface area contributed by atoms with Gasteiger partial charge in [0.05, 0.1) is 6.33 Å². The number of nitrogens with one attached hydrogen (secondary N) is 1. The monoisotopic (exact) mass is 348 g/mol. The van der Waals surface area contributed by atoms with Crippen molar-refractivity contribution in [2.45, 2.75) is 45.6 Å². The van der Waals surface area contributed by atoms with Crippen LogP contribution in [-0.2, 0) is 0 Å². The summed E-state index contributed by atoms with van der Waals surface area (Å²) in [6, 6.07) is 0. The first-order chi connectivity index (χ1) is 7.98. The Bertz CT molecular complexity index is 446. The third kappa shape index (κ3) is 3.20. The lowest BCUT2D eigenvalue weighted by Crippen LogP contribution is -2.29. The van der Waals surface area contributed by atoms with Crippen molar-refractivity contribution < 1.29 is 4.74 Å². The maximum absolute atomic E-state index is 11.4. The smallest absolute Gasteiger partial charge is 0.268 e. The van der Waals surface area contributed by atoms with Crippen LogP contribution >= 0.6 is 22.6 Å². The van der Waals surface area contributed by atoms with E-state index in [9.17, 15) is 4.79 Å². The molecule has 1 heterocycles. The number of hydrogen-bond donors (Lipinski definition) is 1. The highest BCUT2D eigenvalue weighted by molar-refractivity contribution is 14.1. The Balaban J connectivity index is 2.03. The van der Waals surface area contributed by atoms with Crippen LogP contribution in [0.2, 0.25) is 0 Å². The summed E-state index contributed by atoms with van der Waals surface area (Å²) < 4.78 is 6.36. The zero-order valence-electron chi connectivity index (χ0n) is 10.1. The molecule has 17 heavy (non-hydrogen) atoms. The van der Waals surface area contributed by atoms with Gasteiger partial charge in [-0.2, -0.15) is 0 Å². The highest BCUT2D eigenvalue weighted by Gasteiger charge is 2.28. The standard InChI is InChI=1S/C12H17IN2O2/c1-12(2)5-3-8(4-6-12)17-11-9(13)10(16)14-7-15-11/h7-8H,3-6H2,1-2H3,(H,14,15,16). The lowest BCUT2D eigenvalue weighted by molar-refractivity contribution is 0.0938. The highest BCUT2D eigenvalue weighted by atomic mass is 127. The summed E-state index contributed by atoms with van der Waals surface area (Å²) >= 11 is 1.98. The van der Waals surface area contributed by atoms with Gasteiger partial charge in [-0.25, -0.2) is 4.98 Å². The number of aromatic amines is 1. The molecule has 0 saturated heterocycles. The van der Waals surface area contributed by atoms with E-state index in [2.05, 4.69) is 23.8 Å². The van der Waals surface area contributed by atoms with Gasteiger partial charge in [0.2, 0.25) is 5.88 Å². The van der Waals surface area contributed by atoms with Gasteiger partial charge >= 0.3 is 0 Å². The molecule has 1 aliphatic carbocycles. The van der Waals surface area contributed by atoms with Crippen LogP contribution in [0.25, 0.3) is 0 Å². The molecule has 0 atom stereocenters. The van der Waals surface area contributed by atoms with Crippen LogP contribution < -0.4 is 10.3 Å². The molecule has 2 rings (SSSR count). The van der Waals surface area contributed by atoms with Crippen molar-refractivity contribution in [3.63, 3.8) is 0 Å². The number of halogens is 1. The molecule has 0 aromatic carbocycles. The van der Waals surface area contributed by atoms with Crippen LogP contribution in [-0.4, -0.2) is 16.1 Å². The predicted octanol–water partition coefficient (Wildman–Crippen LogP) is 2.72. The molecule has 0 unspecified atom stereocenters. The minimum atomic E-state index is -0.133. The quantitative estimate of drug-likeness (QED) is 0.837. The number of H-pyrrole nitrogens is 1. The fourth-order valence-corrected chi connectivity index (χ4v) is 2.52. The van der Waals surface area contributed by atoms with Crippen molar-refractivity contribution >= 4 is 22.6 Å². The van der Waals surface area contributed by atoms with Crippen molar-refractivity contribution in [2.24, 2.45) is 5.41 Å². The highest BCUT2D eigenvalue weighted by Crippen LogP contribution is 2.36. The Morgan fingerprint density at radius 3 is 2.76 bits per heavy atom. The first-order valence-corrected chi connectivity index (χ1v) is 6.96. The van der Waals surface area contributed by atoms with Gasteiger partial charge in [-0.05, 0) is 53.7 Å². The molecule has 94 valence electrons. The first kappa shape index (κ1) is 12.9.